The summed E-state index contributed by atoms with van der Waals surface area (Å²) >= 11 is 0. The Morgan fingerprint density at radius 1 is 1.06 bits per heavy atom. The molecule has 160 valence electrons. The van der Waals surface area contributed by atoms with Crippen LogP contribution in [0.1, 0.15) is 0 Å². The molecule has 0 atom stereocenters. The van der Waals surface area contributed by atoms with E-state index in [-0.39, 0.29) is 5.43 Å². The number of anilines is 1. The molecule has 0 amide bonds. The average molecular weight is 421 g/mol. The van der Waals surface area contributed by atoms with E-state index < -0.39 is 0 Å². The van der Waals surface area contributed by atoms with E-state index in [0.717, 1.165) is 11.3 Å². The number of rotatable bonds is 8. The number of pyridine rings is 1. The third-order valence-electron chi connectivity index (χ3n) is 4.98. The Morgan fingerprint density at radius 2 is 1.90 bits per heavy atom. The predicted molar refractivity (Wildman–Crippen MR) is 119 cm³/mol. The number of ether oxygens (including phenoxy) is 3. The van der Waals surface area contributed by atoms with Crippen LogP contribution in [-0.4, -0.2) is 44.4 Å². The highest BCUT2D eigenvalue weighted by Gasteiger charge is 2.14. The molecule has 0 fully saturated rings. The van der Waals surface area contributed by atoms with E-state index in [1.165, 1.54) is 6.39 Å². The number of H-pyrrole nitrogens is 1. The van der Waals surface area contributed by atoms with Crippen LogP contribution in [0.15, 0.2) is 58.2 Å². The molecule has 8 nitrogen and oxygen atoms in total. The van der Waals surface area contributed by atoms with Crippen LogP contribution < -0.4 is 20.2 Å². The number of nitrogens with zero attached hydrogens (tertiary/aromatic N) is 1. The first-order valence-electron chi connectivity index (χ1n) is 9.69. The molecule has 2 aromatic heterocycles. The van der Waals surface area contributed by atoms with Crippen molar-refractivity contribution in [2.75, 3.05) is 39.8 Å². The minimum atomic E-state index is -0.114. The van der Waals surface area contributed by atoms with Gasteiger partial charge in [0.05, 0.1) is 43.8 Å². The zero-order valence-electron chi connectivity index (χ0n) is 17.5. The second-order valence-corrected chi connectivity index (χ2v) is 6.85. The van der Waals surface area contributed by atoms with Gasteiger partial charge in [0.15, 0.2) is 17.6 Å². The van der Waals surface area contributed by atoms with Crippen molar-refractivity contribution in [1.82, 2.24) is 9.97 Å². The van der Waals surface area contributed by atoms with Crippen LogP contribution >= 0.6 is 0 Å². The number of aromatic amines is 1. The molecular formula is C23H23N3O5. The maximum atomic E-state index is 12.9. The quantitative estimate of drug-likeness (QED) is 0.416. The Morgan fingerprint density at radius 3 is 2.61 bits per heavy atom. The summed E-state index contributed by atoms with van der Waals surface area (Å²) in [6.07, 6.45) is 2.93. The Kier molecular flexibility index (Phi) is 5.90. The van der Waals surface area contributed by atoms with E-state index in [9.17, 15) is 4.79 Å². The van der Waals surface area contributed by atoms with Crippen molar-refractivity contribution >= 4 is 16.6 Å². The van der Waals surface area contributed by atoms with E-state index in [2.05, 4.69) is 15.3 Å². The molecular weight excluding hydrogens is 398 g/mol. The number of oxazole rings is 1. The van der Waals surface area contributed by atoms with Gasteiger partial charge in [0.2, 0.25) is 0 Å². The number of nitrogens with one attached hydrogen (secondary N) is 2. The molecule has 0 spiro atoms. The minimum Gasteiger partial charge on any atom is -0.496 e. The van der Waals surface area contributed by atoms with Gasteiger partial charge in [0, 0.05) is 42.4 Å². The van der Waals surface area contributed by atoms with Crippen LogP contribution in [0.2, 0.25) is 0 Å². The van der Waals surface area contributed by atoms with Crippen molar-refractivity contribution in [2.24, 2.45) is 0 Å². The Labute approximate surface area is 178 Å². The molecule has 2 heterocycles. The molecule has 0 unspecified atom stereocenters. The lowest BCUT2D eigenvalue weighted by Crippen LogP contribution is -2.09. The molecule has 0 aliphatic rings. The standard InChI is InChI=1S/C23H23N3O5/c1-28-7-6-25-19-8-14(4-5-21(19)29-2)17-10-20(27)15-9-16(23-12-24-13-31-23)22(30-3)11-18(15)26-17/h4-5,8-13,25H,6-7H2,1-3H3,(H,26,27). The summed E-state index contributed by atoms with van der Waals surface area (Å²) < 4.78 is 21.4. The molecule has 4 aromatic rings. The summed E-state index contributed by atoms with van der Waals surface area (Å²) in [4.78, 5) is 20.2. The first-order chi connectivity index (χ1) is 15.1. The molecule has 8 heteroatoms. The zero-order valence-corrected chi connectivity index (χ0v) is 17.5. The molecule has 0 aliphatic heterocycles. The van der Waals surface area contributed by atoms with Crippen molar-refractivity contribution in [1.29, 1.82) is 0 Å². The van der Waals surface area contributed by atoms with Gasteiger partial charge in [-0.3, -0.25) is 4.79 Å². The third-order valence-corrected chi connectivity index (χ3v) is 4.98. The van der Waals surface area contributed by atoms with Gasteiger partial charge < -0.3 is 28.9 Å². The van der Waals surface area contributed by atoms with E-state index in [1.54, 1.807) is 45.7 Å². The van der Waals surface area contributed by atoms with E-state index in [1.807, 2.05) is 18.2 Å². The fourth-order valence-electron chi connectivity index (χ4n) is 3.44. The molecule has 2 N–H and O–H groups in total. The molecule has 0 bridgehead atoms. The molecule has 0 aliphatic carbocycles. The van der Waals surface area contributed by atoms with Gasteiger partial charge in [-0.05, 0) is 24.3 Å². The van der Waals surface area contributed by atoms with E-state index in [4.69, 9.17) is 18.6 Å². The first-order valence-corrected chi connectivity index (χ1v) is 9.69. The normalized spacial score (nSPS) is 10.9. The fraction of sp³-hybridized carbons (Fsp3) is 0.217. The lowest BCUT2D eigenvalue weighted by atomic mass is 10.0. The Hall–Kier alpha value is -3.78. The van der Waals surface area contributed by atoms with Crippen LogP contribution in [0.25, 0.3) is 33.5 Å². The molecule has 2 aromatic carbocycles. The fourth-order valence-corrected chi connectivity index (χ4v) is 3.44. The molecule has 0 saturated heterocycles. The largest absolute Gasteiger partial charge is 0.496 e. The van der Waals surface area contributed by atoms with Crippen LogP contribution in [0.5, 0.6) is 11.5 Å². The van der Waals surface area contributed by atoms with Crippen molar-refractivity contribution in [3.63, 3.8) is 0 Å². The van der Waals surface area contributed by atoms with Gasteiger partial charge in [0.1, 0.15) is 11.5 Å². The van der Waals surface area contributed by atoms with E-state index >= 15 is 0 Å². The third kappa shape index (κ3) is 4.10. The van der Waals surface area contributed by atoms with Crippen LogP contribution in [0, 0.1) is 0 Å². The summed E-state index contributed by atoms with van der Waals surface area (Å²) in [5, 5.41) is 3.82. The molecule has 4 rings (SSSR count). The molecule has 0 radical (unpaired) electrons. The molecule has 0 saturated carbocycles. The highest BCUT2D eigenvalue weighted by atomic mass is 16.5. The van der Waals surface area contributed by atoms with Crippen molar-refractivity contribution in [3.8, 4) is 34.1 Å². The highest BCUT2D eigenvalue weighted by molar-refractivity contribution is 5.89. The predicted octanol–water partition coefficient (Wildman–Crippen LogP) is 3.93. The summed E-state index contributed by atoms with van der Waals surface area (Å²) in [6.45, 7) is 1.19. The van der Waals surface area contributed by atoms with Crippen LogP contribution in [0.3, 0.4) is 0 Å². The summed E-state index contributed by atoms with van der Waals surface area (Å²) in [5.41, 5.74) is 3.56. The number of hydrogen-bond donors (Lipinski definition) is 2. The maximum absolute atomic E-state index is 12.9. The summed E-state index contributed by atoms with van der Waals surface area (Å²) in [7, 11) is 4.84. The number of aromatic nitrogens is 2. The van der Waals surface area contributed by atoms with Crippen molar-refractivity contribution in [2.45, 2.75) is 0 Å². The Bertz CT molecular complexity index is 1250. The number of hydrogen-bond acceptors (Lipinski definition) is 7. The summed E-state index contributed by atoms with van der Waals surface area (Å²) in [6, 6.07) is 10.8. The zero-order chi connectivity index (χ0) is 21.8. The number of benzene rings is 2. The lowest BCUT2D eigenvalue weighted by Gasteiger charge is -2.14. The van der Waals surface area contributed by atoms with E-state index in [0.29, 0.717) is 52.6 Å². The monoisotopic (exact) mass is 421 g/mol. The SMILES string of the molecule is COCCNc1cc(-c2cc(=O)c3cc(-c4cnco4)c(OC)cc3[nH]2)ccc1OC. The maximum Gasteiger partial charge on any atom is 0.190 e. The molecule has 31 heavy (non-hydrogen) atoms. The topological polar surface area (TPSA) is 98.6 Å². The van der Waals surface area contributed by atoms with Crippen LogP contribution in [-0.2, 0) is 4.74 Å². The smallest absolute Gasteiger partial charge is 0.190 e. The minimum absolute atomic E-state index is 0.114. The second-order valence-electron chi connectivity index (χ2n) is 6.85. The number of fused-ring (bicyclic) bond motifs is 1. The first kappa shape index (κ1) is 20.5. The average Bonchev–Trinajstić information content (AvgIpc) is 3.33. The Balaban J connectivity index is 1.79. The second kappa shape index (κ2) is 8.93. The summed E-state index contributed by atoms with van der Waals surface area (Å²) in [5.74, 6) is 1.82. The highest BCUT2D eigenvalue weighted by Crippen LogP contribution is 2.34. The lowest BCUT2D eigenvalue weighted by molar-refractivity contribution is 0.210. The van der Waals surface area contributed by atoms with Crippen molar-refractivity contribution in [3.05, 3.63) is 59.2 Å². The van der Waals surface area contributed by atoms with Crippen molar-refractivity contribution < 1.29 is 18.6 Å². The van der Waals surface area contributed by atoms with Gasteiger partial charge in [0.25, 0.3) is 0 Å². The van der Waals surface area contributed by atoms with Gasteiger partial charge in [-0.25, -0.2) is 4.98 Å². The number of methoxy groups -OCH3 is 3. The van der Waals surface area contributed by atoms with Gasteiger partial charge in [-0.2, -0.15) is 0 Å². The van der Waals surface area contributed by atoms with Crippen LogP contribution in [0.4, 0.5) is 5.69 Å². The van der Waals surface area contributed by atoms with Gasteiger partial charge in [-0.1, -0.05) is 0 Å². The van der Waals surface area contributed by atoms with Gasteiger partial charge >= 0.3 is 0 Å². The van der Waals surface area contributed by atoms with Gasteiger partial charge in [-0.15, -0.1) is 0 Å².